The van der Waals surface area contributed by atoms with Crippen LogP contribution in [0.4, 0.5) is 5.69 Å². The molecule has 0 aliphatic carbocycles. The van der Waals surface area contributed by atoms with Crippen molar-refractivity contribution in [1.29, 1.82) is 0 Å². The minimum absolute atomic E-state index is 0.111. The number of fused-ring (bicyclic) bond motifs is 1. The summed E-state index contributed by atoms with van der Waals surface area (Å²) in [6, 6.07) is 12.4. The minimum atomic E-state index is -0.488. The average molecular weight is 388 g/mol. The molecule has 7 heteroatoms. The molecule has 6 nitrogen and oxygen atoms in total. The number of rotatable bonds is 4. The lowest BCUT2D eigenvalue weighted by atomic mass is 10.1. The SMILES string of the molecule is O=C(OCc1ccc(Cl)cc1)C1CC(=O)N(c2ccc3c(c2)OCCO3)C1. The molecule has 27 heavy (non-hydrogen) atoms. The molecule has 2 heterocycles. The van der Waals surface area contributed by atoms with Gasteiger partial charge < -0.3 is 19.1 Å². The van der Waals surface area contributed by atoms with Crippen LogP contribution in [0.2, 0.25) is 5.02 Å². The van der Waals surface area contributed by atoms with Gasteiger partial charge in [0.05, 0.1) is 5.92 Å². The van der Waals surface area contributed by atoms with E-state index in [-0.39, 0.29) is 31.4 Å². The number of hydrogen-bond acceptors (Lipinski definition) is 5. The number of nitrogens with zero attached hydrogens (tertiary/aromatic N) is 1. The van der Waals surface area contributed by atoms with Gasteiger partial charge in [-0.25, -0.2) is 0 Å². The normalized spacial score (nSPS) is 18.5. The molecule has 1 atom stereocenters. The topological polar surface area (TPSA) is 65.1 Å². The molecule has 1 saturated heterocycles. The summed E-state index contributed by atoms with van der Waals surface area (Å²) in [5.41, 5.74) is 1.54. The second-order valence-corrected chi connectivity index (χ2v) is 6.90. The van der Waals surface area contributed by atoms with E-state index in [0.29, 0.717) is 35.4 Å². The Morgan fingerprint density at radius 2 is 1.85 bits per heavy atom. The highest BCUT2D eigenvalue weighted by Gasteiger charge is 2.36. The largest absolute Gasteiger partial charge is 0.486 e. The first-order chi connectivity index (χ1) is 13.1. The first kappa shape index (κ1) is 17.7. The van der Waals surface area contributed by atoms with E-state index in [1.807, 2.05) is 0 Å². The van der Waals surface area contributed by atoms with Crippen LogP contribution in [0, 0.1) is 5.92 Å². The molecule has 0 saturated carbocycles. The Hall–Kier alpha value is -2.73. The molecule has 140 valence electrons. The number of benzene rings is 2. The summed E-state index contributed by atoms with van der Waals surface area (Å²) < 4.78 is 16.4. The van der Waals surface area contributed by atoms with Crippen molar-refractivity contribution in [1.82, 2.24) is 0 Å². The lowest BCUT2D eigenvalue weighted by molar-refractivity contribution is -0.149. The van der Waals surface area contributed by atoms with Gasteiger partial charge in [0.2, 0.25) is 5.91 Å². The number of halogens is 1. The maximum absolute atomic E-state index is 12.4. The van der Waals surface area contributed by atoms with Gasteiger partial charge in [-0.05, 0) is 29.8 Å². The van der Waals surface area contributed by atoms with E-state index in [0.717, 1.165) is 5.56 Å². The number of carbonyl (C=O) groups excluding carboxylic acids is 2. The van der Waals surface area contributed by atoms with E-state index in [1.165, 1.54) is 0 Å². The van der Waals surface area contributed by atoms with Crippen molar-refractivity contribution in [3.8, 4) is 11.5 Å². The first-order valence-corrected chi connectivity index (χ1v) is 9.09. The van der Waals surface area contributed by atoms with Crippen LogP contribution in [-0.2, 0) is 20.9 Å². The van der Waals surface area contributed by atoms with Crippen LogP contribution in [0.25, 0.3) is 0 Å². The number of anilines is 1. The van der Waals surface area contributed by atoms with Gasteiger partial charge in [-0.15, -0.1) is 0 Å². The molecule has 1 fully saturated rings. The highest BCUT2D eigenvalue weighted by molar-refractivity contribution is 6.30. The Morgan fingerprint density at radius 1 is 1.11 bits per heavy atom. The van der Waals surface area contributed by atoms with Gasteiger partial charge >= 0.3 is 5.97 Å². The Balaban J connectivity index is 1.39. The van der Waals surface area contributed by atoms with E-state index < -0.39 is 5.92 Å². The second kappa shape index (κ2) is 7.48. The Morgan fingerprint density at radius 3 is 2.63 bits per heavy atom. The number of amides is 1. The third kappa shape index (κ3) is 3.85. The van der Waals surface area contributed by atoms with E-state index in [4.69, 9.17) is 25.8 Å². The Labute approximate surface area is 161 Å². The quantitative estimate of drug-likeness (QED) is 0.754. The average Bonchev–Trinajstić information content (AvgIpc) is 3.09. The van der Waals surface area contributed by atoms with Crippen molar-refractivity contribution in [2.24, 2.45) is 5.92 Å². The fraction of sp³-hybridized carbons (Fsp3) is 0.300. The summed E-state index contributed by atoms with van der Waals surface area (Å²) in [5, 5.41) is 0.626. The predicted octanol–water partition coefficient (Wildman–Crippen LogP) is 3.21. The summed E-state index contributed by atoms with van der Waals surface area (Å²) in [6.45, 7) is 1.43. The van der Waals surface area contributed by atoms with Gasteiger partial charge in [0.1, 0.15) is 19.8 Å². The molecule has 2 aliphatic heterocycles. The zero-order chi connectivity index (χ0) is 18.8. The highest BCUT2D eigenvalue weighted by Crippen LogP contribution is 2.36. The molecule has 0 spiro atoms. The third-order valence-corrected chi connectivity index (χ3v) is 4.84. The molecule has 1 amide bonds. The molecule has 0 bridgehead atoms. The third-order valence-electron chi connectivity index (χ3n) is 4.59. The van der Waals surface area contributed by atoms with Gasteiger partial charge in [-0.2, -0.15) is 0 Å². The van der Waals surface area contributed by atoms with Crippen molar-refractivity contribution in [3.63, 3.8) is 0 Å². The lowest BCUT2D eigenvalue weighted by Crippen LogP contribution is -2.26. The van der Waals surface area contributed by atoms with Crippen LogP contribution in [0.15, 0.2) is 42.5 Å². The molecule has 0 N–H and O–H groups in total. The fourth-order valence-electron chi connectivity index (χ4n) is 3.17. The Bertz CT molecular complexity index is 867. The second-order valence-electron chi connectivity index (χ2n) is 6.47. The van der Waals surface area contributed by atoms with Gasteiger partial charge in [0, 0.05) is 29.7 Å². The van der Waals surface area contributed by atoms with E-state index in [1.54, 1.807) is 47.4 Å². The zero-order valence-corrected chi connectivity index (χ0v) is 15.3. The summed E-state index contributed by atoms with van der Waals surface area (Å²) in [4.78, 5) is 26.4. The smallest absolute Gasteiger partial charge is 0.311 e. The van der Waals surface area contributed by atoms with Crippen molar-refractivity contribution in [2.75, 3.05) is 24.7 Å². The lowest BCUT2D eigenvalue weighted by Gasteiger charge is -2.22. The zero-order valence-electron chi connectivity index (χ0n) is 14.5. The monoisotopic (exact) mass is 387 g/mol. The number of hydrogen-bond donors (Lipinski definition) is 0. The maximum atomic E-state index is 12.4. The summed E-state index contributed by atoms with van der Waals surface area (Å²) >= 11 is 5.85. The number of carbonyl (C=O) groups is 2. The summed E-state index contributed by atoms with van der Waals surface area (Å²) in [5.74, 6) is 0.298. The van der Waals surface area contributed by atoms with Crippen LogP contribution in [0.3, 0.4) is 0 Å². The first-order valence-electron chi connectivity index (χ1n) is 8.71. The van der Waals surface area contributed by atoms with E-state index >= 15 is 0 Å². The number of esters is 1. The van der Waals surface area contributed by atoms with Gasteiger partial charge in [0.15, 0.2) is 11.5 Å². The van der Waals surface area contributed by atoms with Crippen LogP contribution in [-0.4, -0.2) is 31.6 Å². The van der Waals surface area contributed by atoms with Crippen molar-refractivity contribution in [2.45, 2.75) is 13.0 Å². The standard InChI is InChI=1S/C20H18ClNO5/c21-15-3-1-13(2-4-15)12-27-20(24)14-9-19(23)22(11-14)16-5-6-17-18(10-16)26-8-7-25-17/h1-6,10,14H,7-9,11-12H2. The summed E-state index contributed by atoms with van der Waals surface area (Å²) in [6.07, 6.45) is 0.133. The van der Waals surface area contributed by atoms with E-state index in [2.05, 4.69) is 0 Å². The molecule has 0 radical (unpaired) electrons. The molecule has 4 rings (SSSR count). The molecular weight excluding hydrogens is 370 g/mol. The number of ether oxygens (including phenoxy) is 3. The van der Waals surface area contributed by atoms with Gasteiger partial charge in [0.25, 0.3) is 0 Å². The van der Waals surface area contributed by atoms with Crippen molar-refractivity contribution >= 4 is 29.2 Å². The molecule has 2 aromatic rings. The Kier molecular flexibility index (Phi) is 4.90. The predicted molar refractivity (Wildman–Crippen MR) is 99.1 cm³/mol. The maximum Gasteiger partial charge on any atom is 0.311 e. The molecule has 1 unspecified atom stereocenters. The van der Waals surface area contributed by atoms with Gasteiger partial charge in [-0.3, -0.25) is 9.59 Å². The molecular formula is C20H18ClNO5. The fourth-order valence-corrected chi connectivity index (χ4v) is 3.29. The molecule has 2 aliphatic rings. The minimum Gasteiger partial charge on any atom is -0.486 e. The van der Waals surface area contributed by atoms with Crippen LogP contribution >= 0.6 is 11.6 Å². The highest BCUT2D eigenvalue weighted by atomic mass is 35.5. The van der Waals surface area contributed by atoms with E-state index in [9.17, 15) is 9.59 Å². The van der Waals surface area contributed by atoms with Crippen molar-refractivity contribution < 1.29 is 23.8 Å². The molecule has 0 aromatic heterocycles. The summed E-state index contributed by atoms with van der Waals surface area (Å²) in [7, 11) is 0. The van der Waals surface area contributed by atoms with Crippen LogP contribution in [0.1, 0.15) is 12.0 Å². The van der Waals surface area contributed by atoms with Gasteiger partial charge in [-0.1, -0.05) is 23.7 Å². The van der Waals surface area contributed by atoms with Crippen LogP contribution < -0.4 is 14.4 Å². The van der Waals surface area contributed by atoms with Crippen LogP contribution in [0.5, 0.6) is 11.5 Å². The molecule has 2 aromatic carbocycles. The van der Waals surface area contributed by atoms with Crippen molar-refractivity contribution in [3.05, 3.63) is 53.1 Å².